The Labute approximate surface area is 99.2 Å². The van der Waals surface area contributed by atoms with Crippen LogP contribution in [0.15, 0.2) is 18.2 Å². The van der Waals surface area contributed by atoms with E-state index in [-0.39, 0.29) is 11.7 Å². The van der Waals surface area contributed by atoms with Crippen LogP contribution < -0.4 is 5.32 Å². The van der Waals surface area contributed by atoms with Crippen LogP contribution >= 0.6 is 0 Å². The molecule has 1 aliphatic carbocycles. The zero-order valence-corrected chi connectivity index (χ0v) is 9.59. The van der Waals surface area contributed by atoms with Gasteiger partial charge in [-0.2, -0.15) is 5.26 Å². The monoisotopic (exact) mass is 232 g/mol. The summed E-state index contributed by atoms with van der Waals surface area (Å²) in [6.07, 6.45) is 2.07. The second-order valence-electron chi connectivity index (χ2n) is 4.47. The van der Waals surface area contributed by atoms with Gasteiger partial charge in [0.05, 0.1) is 6.07 Å². The Morgan fingerprint density at radius 2 is 2.24 bits per heavy atom. The number of aryl methyl sites for hydroxylation is 1. The van der Waals surface area contributed by atoms with E-state index in [0.717, 1.165) is 6.42 Å². The van der Waals surface area contributed by atoms with Crippen molar-refractivity contribution in [2.45, 2.75) is 26.2 Å². The lowest BCUT2D eigenvalue weighted by Gasteiger charge is -2.33. The van der Waals surface area contributed by atoms with Crippen molar-refractivity contribution in [3.63, 3.8) is 0 Å². The number of nitrogens with one attached hydrogen (secondary N) is 1. The Morgan fingerprint density at radius 1 is 1.53 bits per heavy atom. The third-order valence-electron chi connectivity index (χ3n) is 3.29. The Hall–Kier alpha value is -1.89. The van der Waals surface area contributed by atoms with E-state index in [2.05, 4.69) is 11.4 Å². The Bertz CT molecular complexity index is 501. The first kappa shape index (κ1) is 11.6. The largest absolute Gasteiger partial charge is 0.325 e. The maximum Gasteiger partial charge on any atom is 0.244 e. The summed E-state index contributed by atoms with van der Waals surface area (Å²) in [5, 5.41) is 11.6. The van der Waals surface area contributed by atoms with Crippen molar-refractivity contribution in [1.82, 2.24) is 0 Å². The van der Waals surface area contributed by atoms with Gasteiger partial charge in [-0.05, 0) is 43.9 Å². The van der Waals surface area contributed by atoms with Gasteiger partial charge >= 0.3 is 0 Å². The fourth-order valence-electron chi connectivity index (χ4n) is 1.84. The molecule has 0 radical (unpaired) electrons. The Balaban J connectivity index is 2.13. The second kappa shape index (κ2) is 4.17. The van der Waals surface area contributed by atoms with E-state index in [9.17, 15) is 9.18 Å². The fourth-order valence-corrected chi connectivity index (χ4v) is 1.84. The quantitative estimate of drug-likeness (QED) is 0.852. The minimum Gasteiger partial charge on any atom is -0.325 e. The minimum atomic E-state index is -0.901. The molecule has 17 heavy (non-hydrogen) atoms. The van der Waals surface area contributed by atoms with Crippen molar-refractivity contribution in [1.29, 1.82) is 5.26 Å². The molecule has 1 fully saturated rings. The van der Waals surface area contributed by atoms with Gasteiger partial charge in [0.1, 0.15) is 11.2 Å². The standard InChI is InChI=1S/C13H13FN2O/c1-9-3-4-10(7-11(9)14)16-12(17)13(8-15)5-2-6-13/h3-4,7H,2,5-6H2,1H3,(H,16,17). The van der Waals surface area contributed by atoms with E-state index >= 15 is 0 Å². The van der Waals surface area contributed by atoms with Crippen molar-refractivity contribution in [3.05, 3.63) is 29.6 Å². The van der Waals surface area contributed by atoms with Gasteiger partial charge in [-0.25, -0.2) is 4.39 Å². The topological polar surface area (TPSA) is 52.9 Å². The highest BCUT2D eigenvalue weighted by Crippen LogP contribution is 2.41. The number of amides is 1. The molecule has 3 nitrogen and oxygen atoms in total. The molecule has 2 rings (SSSR count). The number of nitriles is 1. The van der Waals surface area contributed by atoms with Gasteiger partial charge in [0.2, 0.25) is 5.91 Å². The maximum atomic E-state index is 13.3. The lowest BCUT2D eigenvalue weighted by molar-refractivity contribution is -0.126. The van der Waals surface area contributed by atoms with Crippen LogP contribution in [-0.4, -0.2) is 5.91 Å². The number of hydrogen-bond donors (Lipinski definition) is 1. The SMILES string of the molecule is Cc1ccc(NC(=O)C2(C#N)CCC2)cc1F. The summed E-state index contributed by atoms with van der Waals surface area (Å²) in [5.74, 6) is -0.683. The molecule has 1 aliphatic rings. The number of anilines is 1. The molecule has 4 heteroatoms. The lowest BCUT2D eigenvalue weighted by Crippen LogP contribution is -2.40. The number of rotatable bonds is 2. The first-order valence-electron chi connectivity index (χ1n) is 5.56. The van der Waals surface area contributed by atoms with Crippen LogP contribution in [0.4, 0.5) is 10.1 Å². The summed E-state index contributed by atoms with van der Waals surface area (Å²) in [7, 11) is 0. The minimum absolute atomic E-state index is 0.325. The van der Waals surface area contributed by atoms with E-state index in [1.165, 1.54) is 6.07 Å². The fraction of sp³-hybridized carbons (Fsp3) is 0.385. The smallest absolute Gasteiger partial charge is 0.244 e. The molecule has 1 N–H and O–H groups in total. The summed E-state index contributed by atoms with van der Waals surface area (Å²) in [6, 6.07) is 6.57. The van der Waals surface area contributed by atoms with Gasteiger partial charge in [-0.15, -0.1) is 0 Å². The summed E-state index contributed by atoms with van der Waals surface area (Å²) < 4.78 is 13.3. The van der Waals surface area contributed by atoms with E-state index in [0.29, 0.717) is 24.1 Å². The molecular formula is C13H13FN2O. The number of nitrogens with zero attached hydrogens (tertiary/aromatic N) is 1. The molecule has 0 aliphatic heterocycles. The summed E-state index contributed by atoms with van der Waals surface area (Å²) in [5.41, 5.74) is 0.0303. The van der Waals surface area contributed by atoms with Crippen molar-refractivity contribution in [2.24, 2.45) is 5.41 Å². The average Bonchev–Trinajstić information content (AvgIpc) is 2.23. The van der Waals surface area contributed by atoms with Crippen LogP contribution in [0.25, 0.3) is 0 Å². The Kier molecular flexibility index (Phi) is 2.84. The van der Waals surface area contributed by atoms with Gasteiger partial charge in [0, 0.05) is 5.69 Å². The van der Waals surface area contributed by atoms with Crippen LogP contribution in [0.2, 0.25) is 0 Å². The molecule has 0 heterocycles. The number of hydrogen-bond acceptors (Lipinski definition) is 2. The van der Waals surface area contributed by atoms with Crippen molar-refractivity contribution < 1.29 is 9.18 Å². The van der Waals surface area contributed by atoms with Crippen LogP contribution in [0.3, 0.4) is 0 Å². The second-order valence-corrected chi connectivity index (χ2v) is 4.47. The summed E-state index contributed by atoms with van der Waals surface area (Å²) in [6.45, 7) is 1.66. The molecule has 88 valence electrons. The van der Waals surface area contributed by atoms with Crippen molar-refractivity contribution in [2.75, 3.05) is 5.32 Å². The zero-order chi connectivity index (χ0) is 12.5. The molecular weight excluding hydrogens is 219 g/mol. The lowest BCUT2D eigenvalue weighted by atomic mass is 9.69. The number of carbonyl (C=O) groups is 1. The third-order valence-corrected chi connectivity index (χ3v) is 3.29. The molecule has 0 unspecified atom stereocenters. The maximum absolute atomic E-state index is 13.3. The molecule has 1 saturated carbocycles. The first-order valence-corrected chi connectivity index (χ1v) is 5.56. The first-order chi connectivity index (χ1) is 8.07. The van der Waals surface area contributed by atoms with Crippen LogP contribution in [0, 0.1) is 29.5 Å². The molecule has 0 bridgehead atoms. The Morgan fingerprint density at radius 3 is 2.71 bits per heavy atom. The van der Waals surface area contributed by atoms with E-state index < -0.39 is 5.41 Å². The van der Waals surface area contributed by atoms with E-state index in [4.69, 9.17) is 5.26 Å². The van der Waals surface area contributed by atoms with Gasteiger partial charge in [-0.3, -0.25) is 4.79 Å². The molecule has 1 amide bonds. The highest BCUT2D eigenvalue weighted by molar-refractivity contribution is 5.97. The molecule has 1 aromatic carbocycles. The zero-order valence-electron chi connectivity index (χ0n) is 9.59. The van der Waals surface area contributed by atoms with E-state index in [1.807, 2.05) is 0 Å². The number of halogens is 1. The predicted molar refractivity (Wildman–Crippen MR) is 61.7 cm³/mol. The highest BCUT2D eigenvalue weighted by atomic mass is 19.1. The third kappa shape index (κ3) is 2.01. The van der Waals surface area contributed by atoms with E-state index in [1.54, 1.807) is 19.1 Å². The summed E-state index contributed by atoms with van der Waals surface area (Å²) in [4.78, 5) is 11.9. The van der Waals surface area contributed by atoms with Gasteiger partial charge in [0.15, 0.2) is 0 Å². The summed E-state index contributed by atoms with van der Waals surface area (Å²) >= 11 is 0. The number of benzene rings is 1. The van der Waals surface area contributed by atoms with Crippen molar-refractivity contribution in [3.8, 4) is 6.07 Å². The molecule has 0 saturated heterocycles. The normalized spacial score (nSPS) is 16.8. The van der Waals surface area contributed by atoms with Gasteiger partial charge < -0.3 is 5.32 Å². The van der Waals surface area contributed by atoms with Crippen molar-refractivity contribution >= 4 is 11.6 Å². The molecule has 0 aromatic heterocycles. The van der Waals surface area contributed by atoms with Gasteiger partial charge in [0.25, 0.3) is 0 Å². The molecule has 0 spiro atoms. The highest BCUT2D eigenvalue weighted by Gasteiger charge is 2.44. The van der Waals surface area contributed by atoms with Gasteiger partial charge in [-0.1, -0.05) is 6.07 Å². The van der Waals surface area contributed by atoms with Crippen LogP contribution in [0.5, 0.6) is 0 Å². The molecule has 1 aromatic rings. The average molecular weight is 232 g/mol. The predicted octanol–water partition coefficient (Wildman–Crippen LogP) is 2.77. The number of carbonyl (C=O) groups excluding carboxylic acids is 1. The molecule has 0 atom stereocenters. The van der Waals surface area contributed by atoms with Crippen LogP contribution in [-0.2, 0) is 4.79 Å². The van der Waals surface area contributed by atoms with Crippen LogP contribution in [0.1, 0.15) is 24.8 Å².